The first kappa shape index (κ1) is 13.0. The topological polar surface area (TPSA) is 32.3 Å². The van der Waals surface area contributed by atoms with Gasteiger partial charge in [-0.15, -0.1) is 0 Å². The number of aliphatic hydroxyl groups is 1. The maximum Gasteiger partial charge on any atom is 0.0613 e. The van der Waals surface area contributed by atoms with Crippen molar-refractivity contribution in [2.24, 2.45) is 5.92 Å². The first-order valence-electron chi connectivity index (χ1n) is 6.54. The third-order valence-electron chi connectivity index (χ3n) is 3.99. The van der Waals surface area contributed by atoms with Crippen molar-refractivity contribution in [2.75, 3.05) is 6.61 Å². The molecule has 3 unspecified atom stereocenters. The molecule has 0 spiro atoms. The van der Waals surface area contributed by atoms with Crippen LogP contribution in [0, 0.1) is 5.92 Å². The normalized spacial score (nSPS) is 34.0. The van der Waals surface area contributed by atoms with E-state index < -0.39 is 0 Å². The Morgan fingerprint density at radius 2 is 2.20 bits per heavy atom. The Hall–Kier alpha value is -0.0800. The average Bonchev–Trinajstić information content (AvgIpc) is 2.29. The third-order valence-corrected chi connectivity index (χ3v) is 3.99. The SMILES string of the molecule is CCC1CCCC(CO)(NC(C)CC)C1. The summed E-state index contributed by atoms with van der Waals surface area (Å²) in [6.45, 7) is 6.98. The van der Waals surface area contributed by atoms with Crippen molar-refractivity contribution in [1.29, 1.82) is 0 Å². The van der Waals surface area contributed by atoms with Crippen molar-refractivity contribution in [1.82, 2.24) is 5.32 Å². The van der Waals surface area contributed by atoms with Crippen LogP contribution >= 0.6 is 0 Å². The summed E-state index contributed by atoms with van der Waals surface area (Å²) in [6.07, 6.45) is 7.31. The van der Waals surface area contributed by atoms with Crippen molar-refractivity contribution in [2.45, 2.75) is 70.9 Å². The van der Waals surface area contributed by atoms with Crippen LogP contribution < -0.4 is 5.32 Å². The Bertz CT molecular complexity index is 179. The van der Waals surface area contributed by atoms with E-state index in [9.17, 15) is 5.11 Å². The largest absolute Gasteiger partial charge is 0.394 e. The van der Waals surface area contributed by atoms with Crippen LogP contribution in [0.15, 0.2) is 0 Å². The summed E-state index contributed by atoms with van der Waals surface area (Å²) in [4.78, 5) is 0. The Labute approximate surface area is 94.5 Å². The van der Waals surface area contributed by atoms with Crippen molar-refractivity contribution in [3.05, 3.63) is 0 Å². The second kappa shape index (κ2) is 5.86. The quantitative estimate of drug-likeness (QED) is 0.736. The molecule has 0 aromatic rings. The minimum atomic E-state index is 0.0222. The lowest BCUT2D eigenvalue weighted by molar-refractivity contribution is 0.0844. The molecule has 0 amide bonds. The molecular weight excluding hydrogens is 186 g/mol. The summed E-state index contributed by atoms with van der Waals surface area (Å²) in [5, 5.41) is 13.3. The van der Waals surface area contributed by atoms with E-state index in [-0.39, 0.29) is 5.54 Å². The molecule has 0 saturated heterocycles. The Morgan fingerprint density at radius 3 is 2.73 bits per heavy atom. The molecule has 90 valence electrons. The molecule has 1 saturated carbocycles. The van der Waals surface area contributed by atoms with Crippen LogP contribution in [0.2, 0.25) is 0 Å². The zero-order valence-corrected chi connectivity index (χ0v) is 10.6. The second-order valence-corrected chi connectivity index (χ2v) is 5.26. The highest BCUT2D eigenvalue weighted by Crippen LogP contribution is 2.34. The standard InChI is InChI=1S/C13H27NO/c1-4-11(3)14-13(10-15)8-6-7-12(5-2)9-13/h11-12,14-15H,4-10H2,1-3H3. The van der Waals surface area contributed by atoms with Crippen molar-refractivity contribution >= 4 is 0 Å². The molecule has 1 fully saturated rings. The van der Waals surface area contributed by atoms with Gasteiger partial charge < -0.3 is 10.4 Å². The van der Waals surface area contributed by atoms with E-state index in [2.05, 4.69) is 26.1 Å². The minimum Gasteiger partial charge on any atom is -0.394 e. The predicted molar refractivity (Wildman–Crippen MR) is 65.0 cm³/mol. The Morgan fingerprint density at radius 1 is 1.47 bits per heavy atom. The van der Waals surface area contributed by atoms with Gasteiger partial charge in [-0.05, 0) is 32.1 Å². The van der Waals surface area contributed by atoms with Crippen LogP contribution in [0.25, 0.3) is 0 Å². The Kier molecular flexibility index (Phi) is 5.07. The highest BCUT2D eigenvalue weighted by molar-refractivity contribution is 4.94. The highest BCUT2D eigenvalue weighted by Gasteiger charge is 2.35. The fraction of sp³-hybridized carbons (Fsp3) is 1.00. The molecule has 2 heteroatoms. The number of nitrogens with one attached hydrogen (secondary N) is 1. The molecule has 2 nitrogen and oxygen atoms in total. The number of hydrogen-bond acceptors (Lipinski definition) is 2. The van der Waals surface area contributed by atoms with Gasteiger partial charge in [0.25, 0.3) is 0 Å². The molecule has 0 aromatic heterocycles. The summed E-state index contributed by atoms with van der Waals surface area (Å²) in [5.41, 5.74) is 0.0222. The summed E-state index contributed by atoms with van der Waals surface area (Å²) in [7, 11) is 0. The first-order chi connectivity index (χ1) is 7.15. The molecule has 0 aromatic carbocycles. The van der Waals surface area contributed by atoms with Gasteiger partial charge in [0.1, 0.15) is 0 Å². The number of hydrogen-bond donors (Lipinski definition) is 2. The van der Waals surface area contributed by atoms with Crippen LogP contribution in [-0.2, 0) is 0 Å². The monoisotopic (exact) mass is 213 g/mol. The lowest BCUT2D eigenvalue weighted by Gasteiger charge is -2.42. The van der Waals surface area contributed by atoms with Gasteiger partial charge in [-0.1, -0.05) is 33.1 Å². The summed E-state index contributed by atoms with van der Waals surface area (Å²) in [5.74, 6) is 0.808. The lowest BCUT2D eigenvalue weighted by Crippen LogP contribution is -2.54. The summed E-state index contributed by atoms with van der Waals surface area (Å²) in [6, 6.07) is 0.521. The second-order valence-electron chi connectivity index (χ2n) is 5.26. The smallest absolute Gasteiger partial charge is 0.0613 e. The van der Waals surface area contributed by atoms with Crippen molar-refractivity contribution in [3.63, 3.8) is 0 Å². The van der Waals surface area contributed by atoms with E-state index >= 15 is 0 Å². The van der Waals surface area contributed by atoms with E-state index in [1.807, 2.05) is 0 Å². The average molecular weight is 213 g/mol. The van der Waals surface area contributed by atoms with E-state index in [0.29, 0.717) is 12.6 Å². The molecule has 3 atom stereocenters. The molecule has 1 aliphatic carbocycles. The van der Waals surface area contributed by atoms with Crippen molar-refractivity contribution in [3.8, 4) is 0 Å². The number of aliphatic hydroxyl groups excluding tert-OH is 1. The van der Waals surface area contributed by atoms with Gasteiger partial charge in [0.2, 0.25) is 0 Å². The van der Waals surface area contributed by atoms with Crippen LogP contribution in [0.5, 0.6) is 0 Å². The van der Waals surface area contributed by atoms with Crippen LogP contribution in [0.1, 0.15) is 59.3 Å². The first-order valence-corrected chi connectivity index (χ1v) is 6.54. The zero-order valence-electron chi connectivity index (χ0n) is 10.6. The van der Waals surface area contributed by atoms with Gasteiger partial charge in [-0.25, -0.2) is 0 Å². The van der Waals surface area contributed by atoms with Gasteiger partial charge >= 0.3 is 0 Å². The van der Waals surface area contributed by atoms with Crippen molar-refractivity contribution < 1.29 is 5.11 Å². The van der Waals surface area contributed by atoms with Gasteiger partial charge in [-0.3, -0.25) is 0 Å². The lowest BCUT2D eigenvalue weighted by atomic mass is 9.74. The molecule has 0 aliphatic heterocycles. The molecule has 0 radical (unpaired) electrons. The van der Waals surface area contributed by atoms with Gasteiger partial charge in [0, 0.05) is 11.6 Å². The van der Waals surface area contributed by atoms with Crippen LogP contribution in [0.4, 0.5) is 0 Å². The fourth-order valence-electron chi connectivity index (χ4n) is 2.78. The third kappa shape index (κ3) is 3.46. The van der Waals surface area contributed by atoms with Gasteiger partial charge in [0.15, 0.2) is 0 Å². The molecule has 1 rings (SSSR count). The predicted octanol–water partition coefficient (Wildman–Crippen LogP) is 2.71. The maximum atomic E-state index is 9.64. The molecule has 0 bridgehead atoms. The van der Waals surface area contributed by atoms with E-state index in [1.54, 1.807) is 0 Å². The van der Waals surface area contributed by atoms with E-state index in [0.717, 1.165) is 25.2 Å². The Balaban J connectivity index is 2.57. The molecule has 0 heterocycles. The van der Waals surface area contributed by atoms with Crippen LogP contribution in [0.3, 0.4) is 0 Å². The van der Waals surface area contributed by atoms with E-state index in [1.165, 1.54) is 19.3 Å². The van der Waals surface area contributed by atoms with Gasteiger partial charge in [0.05, 0.1) is 6.61 Å². The van der Waals surface area contributed by atoms with Gasteiger partial charge in [-0.2, -0.15) is 0 Å². The number of rotatable bonds is 5. The van der Waals surface area contributed by atoms with E-state index in [4.69, 9.17) is 0 Å². The summed E-state index contributed by atoms with van der Waals surface area (Å²) >= 11 is 0. The van der Waals surface area contributed by atoms with Crippen LogP contribution in [-0.4, -0.2) is 23.3 Å². The molecule has 2 N–H and O–H groups in total. The maximum absolute atomic E-state index is 9.64. The fourth-order valence-corrected chi connectivity index (χ4v) is 2.78. The minimum absolute atomic E-state index is 0.0222. The molecule has 15 heavy (non-hydrogen) atoms. The zero-order chi connectivity index (χ0) is 11.3. The molecule has 1 aliphatic rings. The highest BCUT2D eigenvalue weighted by atomic mass is 16.3. The molecular formula is C13H27NO. The summed E-state index contributed by atoms with van der Waals surface area (Å²) < 4.78 is 0.